The van der Waals surface area contributed by atoms with Gasteiger partial charge in [0.25, 0.3) is 5.91 Å². The summed E-state index contributed by atoms with van der Waals surface area (Å²) in [6.45, 7) is 2.16. The molecule has 1 unspecified atom stereocenters. The molecule has 9 heteroatoms. The molecule has 0 saturated carbocycles. The lowest BCUT2D eigenvalue weighted by Crippen LogP contribution is -2.35. The molecule has 2 fully saturated rings. The van der Waals surface area contributed by atoms with E-state index in [2.05, 4.69) is 10.2 Å². The van der Waals surface area contributed by atoms with Gasteiger partial charge < -0.3 is 9.64 Å². The standard InChI is InChI=1S/C20H24N4O4S/c25-20(23-14-10-17(15-23)28-19-5-4-11-21-22-19)16-6-8-18(9-7-16)29(26,27)24-12-2-1-3-13-24/h4-9,11,17H,1-3,10,12-15H2. The van der Waals surface area contributed by atoms with Gasteiger partial charge in [0.05, 0.1) is 11.4 Å². The molecule has 1 aromatic carbocycles. The molecule has 1 aromatic heterocycles. The Morgan fingerprint density at radius 3 is 2.48 bits per heavy atom. The molecule has 8 nitrogen and oxygen atoms in total. The lowest BCUT2D eigenvalue weighted by Gasteiger charge is -2.26. The fourth-order valence-corrected chi connectivity index (χ4v) is 5.25. The minimum Gasteiger partial charge on any atom is -0.471 e. The summed E-state index contributed by atoms with van der Waals surface area (Å²) in [6, 6.07) is 9.73. The zero-order valence-corrected chi connectivity index (χ0v) is 16.9. The van der Waals surface area contributed by atoms with Crippen molar-refractivity contribution in [2.45, 2.75) is 36.7 Å². The third-order valence-electron chi connectivity index (χ3n) is 5.32. The highest BCUT2D eigenvalue weighted by molar-refractivity contribution is 7.89. The molecule has 2 aliphatic heterocycles. The summed E-state index contributed by atoms with van der Waals surface area (Å²) in [5.74, 6) is 0.316. The van der Waals surface area contributed by atoms with E-state index in [1.165, 1.54) is 16.4 Å². The van der Waals surface area contributed by atoms with E-state index in [4.69, 9.17) is 4.74 Å². The summed E-state index contributed by atoms with van der Waals surface area (Å²) in [7, 11) is -3.49. The first kappa shape index (κ1) is 19.8. The zero-order chi connectivity index (χ0) is 20.3. The van der Waals surface area contributed by atoms with Crippen molar-refractivity contribution in [3.05, 3.63) is 48.2 Å². The minimum atomic E-state index is -3.49. The first-order valence-corrected chi connectivity index (χ1v) is 11.3. The van der Waals surface area contributed by atoms with Gasteiger partial charge in [-0.05, 0) is 43.2 Å². The van der Waals surface area contributed by atoms with Crippen LogP contribution >= 0.6 is 0 Å². The van der Waals surface area contributed by atoms with Crippen LogP contribution in [-0.2, 0) is 10.0 Å². The van der Waals surface area contributed by atoms with Crippen LogP contribution < -0.4 is 4.74 Å². The van der Waals surface area contributed by atoms with Crippen LogP contribution in [0.3, 0.4) is 0 Å². The molecule has 2 aliphatic rings. The fourth-order valence-electron chi connectivity index (χ4n) is 3.74. The molecule has 0 spiro atoms. The van der Waals surface area contributed by atoms with E-state index >= 15 is 0 Å². The topological polar surface area (TPSA) is 92.7 Å². The van der Waals surface area contributed by atoms with Crippen molar-refractivity contribution >= 4 is 15.9 Å². The number of hydrogen-bond acceptors (Lipinski definition) is 6. The lowest BCUT2D eigenvalue weighted by molar-refractivity contribution is 0.0771. The smallest absolute Gasteiger partial charge is 0.253 e. The van der Waals surface area contributed by atoms with E-state index < -0.39 is 10.0 Å². The highest BCUT2D eigenvalue weighted by atomic mass is 32.2. The Morgan fingerprint density at radius 1 is 1.03 bits per heavy atom. The lowest BCUT2D eigenvalue weighted by atomic mass is 10.2. The van der Waals surface area contributed by atoms with Crippen molar-refractivity contribution in [3.63, 3.8) is 0 Å². The Kier molecular flexibility index (Phi) is 5.77. The molecule has 1 amide bonds. The molecule has 0 aliphatic carbocycles. The van der Waals surface area contributed by atoms with E-state index in [0.717, 1.165) is 19.3 Å². The number of carbonyl (C=O) groups is 1. The van der Waals surface area contributed by atoms with Crippen molar-refractivity contribution in [2.24, 2.45) is 0 Å². The molecule has 0 N–H and O–H groups in total. The van der Waals surface area contributed by atoms with E-state index in [0.29, 0.717) is 44.0 Å². The quantitative estimate of drug-likeness (QED) is 0.740. The summed E-state index contributed by atoms with van der Waals surface area (Å²) < 4.78 is 32.8. The Hall–Kier alpha value is -2.52. The first-order chi connectivity index (χ1) is 14.0. The van der Waals surface area contributed by atoms with Crippen molar-refractivity contribution in [1.29, 1.82) is 0 Å². The Morgan fingerprint density at radius 2 is 1.79 bits per heavy atom. The average molecular weight is 417 g/mol. The molecule has 2 saturated heterocycles. The van der Waals surface area contributed by atoms with E-state index in [1.54, 1.807) is 35.4 Å². The van der Waals surface area contributed by atoms with Crippen LogP contribution in [0.5, 0.6) is 5.88 Å². The summed E-state index contributed by atoms with van der Waals surface area (Å²) in [5.41, 5.74) is 0.475. The molecule has 1 atom stereocenters. The Labute approximate surface area is 170 Å². The second kappa shape index (κ2) is 8.46. The van der Waals surface area contributed by atoms with Crippen molar-refractivity contribution in [1.82, 2.24) is 19.4 Å². The van der Waals surface area contributed by atoms with Crippen molar-refractivity contribution < 1.29 is 17.9 Å². The van der Waals surface area contributed by atoms with Gasteiger partial charge in [0, 0.05) is 43.9 Å². The largest absolute Gasteiger partial charge is 0.471 e. The van der Waals surface area contributed by atoms with Gasteiger partial charge in [-0.1, -0.05) is 6.42 Å². The van der Waals surface area contributed by atoms with Crippen LogP contribution in [0.25, 0.3) is 0 Å². The number of ether oxygens (including phenoxy) is 1. The summed E-state index contributed by atoms with van der Waals surface area (Å²) >= 11 is 0. The van der Waals surface area contributed by atoms with Gasteiger partial charge in [-0.25, -0.2) is 8.42 Å². The highest BCUT2D eigenvalue weighted by Gasteiger charge is 2.30. The molecule has 0 radical (unpaired) electrons. The second-order valence-corrected chi connectivity index (χ2v) is 9.27. The number of amides is 1. The SMILES string of the molecule is O=C(c1ccc(S(=O)(=O)N2CCCCC2)cc1)N1CCC(Oc2cccnn2)C1. The summed E-state index contributed by atoms with van der Waals surface area (Å²) in [6.07, 6.45) is 5.01. The van der Waals surface area contributed by atoms with Gasteiger partial charge in [-0.15, -0.1) is 5.10 Å². The number of carbonyl (C=O) groups excluding carboxylic acids is 1. The molecule has 2 aromatic rings. The van der Waals surface area contributed by atoms with E-state index in [-0.39, 0.29) is 16.9 Å². The van der Waals surface area contributed by atoms with Crippen molar-refractivity contribution in [3.8, 4) is 5.88 Å². The van der Waals surface area contributed by atoms with Gasteiger partial charge >= 0.3 is 0 Å². The fraction of sp³-hybridized carbons (Fsp3) is 0.450. The predicted molar refractivity (Wildman–Crippen MR) is 106 cm³/mol. The van der Waals surface area contributed by atoms with Crippen LogP contribution in [0.2, 0.25) is 0 Å². The number of hydrogen-bond donors (Lipinski definition) is 0. The molecular weight excluding hydrogens is 392 g/mol. The molecule has 0 bridgehead atoms. The molecule has 4 rings (SSSR count). The van der Waals surface area contributed by atoms with E-state index in [1.807, 2.05) is 0 Å². The number of piperidine rings is 1. The van der Waals surface area contributed by atoms with Crippen LogP contribution in [0.15, 0.2) is 47.5 Å². The number of sulfonamides is 1. The number of aromatic nitrogens is 2. The van der Waals surface area contributed by atoms with Gasteiger partial charge in [-0.2, -0.15) is 9.40 Å². The maximum Gasteiger partial charge on any atom is 0.253 e. The summed E-state index contributed by atoms with van der Waals surface area (Å²) in [4.78, 5) is 14.7. The van der Waals surface area contributed by atoms with Crippen LogP contribution in [0.1, 0.15) is 36.0 Å². The Balaban J connectivity index is 1.39. The predicted octanol–water partition coefficient (Wildman–Crippen LogP) is 1.94. The van der Waals surface area contributed by atoms with Gasteiger partial charge in [0.1, 0.15) is 6.10 Å². The van der Waals surface area contributed by atoms with Crippen molar-refractivity contribution in [2.75, 3.05) is 26.2 Å². The molecule has 3 heterocycles. The van der Waals surface area contributed by atoms with Crippen LogP contribution in [0.4, 0.5) is 0 Å². The van der Waals surface area contributed by atoms with Gasteiger partial charge in [0.15, 0.2) is 0 Å². The van der Waals surface area contributed by atoms with Crippen LogP contribution in [0, 0.1) is 0 Å². The molecule has 29 heavy (non-hydrogen) atoms. The minimum absolute atomic E-state index is 0.128. The number of rotatable bonds is 5. The van der Waals surface area contributed by atoms with Crippen LogP contribution in [-0.4, -0.2) is 66.0 Å². The second-order valence-electron chi connectivity index (χ2n) is 7.33. The zero-order valence-electron chi connectivity index (χ0n) is 16.1. The third kappa shape index (κ3) is 4.40. The first-order valence-electron chi connectivity index (χ1n) is 9.88. The van der Waals surface area contributed by atoms with Gasteiger partial charge in [0.2, 0.25) is 15.9 Å². The normalized spacial score (nSPS) is 20.6. The number of nitrogens with zero attached hydrogens (tertiary/aromatic N) is 4. The van der Waals surface area contributed by atoms with E-state index in [9.17, 15) is 13.2 Å². The molecule has 154 valence electrons. The maximum absolute atomic E-state index is 12.8. The Bertz CT molecular complexity index is 944. The monoisotopic (exact) mass is 416 g/mol. The average Bonchev–Trinajstić information content (AvgIpc) is 3.23. The summed E-state index contributed by atoms with van der Waals surface area (Å²) in [5, 5.41) is 7.69. The third-order valence-corrected chi connectivity index (χ3v) is 7.23. The number of likely N-dealkylation sites (tertiary alicyclic amines) is 1. The molecular formula is C20H24N4O4S. The van der Waals surface area contributed by atoms with Gasteiger partial charge in [-0.3, -0.25) is 4.79 Å². The highest BCUT2D eigenvalue weighted by Crippen LogP contribution is 2.22. The number of benzene rings is 1. The maximum atomic E-state index is 12.8.